The molecule has 0 aromatic carbocycles. The number of hydrogen-bond acceptors (Lipinski definition) is 5. The lowest BCUT2D eigenvalue weighted by atomic mass is 10.1. The van der Waals surface area contributed by atoms with Gasteiger partial charge in [-0.05, 0) is 24.1 Å². The van der Waals surface area contributed by atoms with Crippen molar-refractivity contribution in [1.29, 1.82) is 5.26 Å². The molecule has 18 heavy (non-hydrogen) atoms. The Bertz CT molecular complexity index is 521. The van der Waals surface area contributed by atoms with Gasteiger partial charge >= 0.3 is 0 Å². The van der Waals surface area contributed by atoms with E-state index in [4.69, 9.17) is 5.26 Å². The number of piperidine rings is 1. The van der Waals surface area contributed by atoms with E-state index in [-0.39, 0.29) is 17.9 Å². The predicted octanol–water partition coefficient (Wildman–Crippen LogP) is -0.152. The third-order valence-electron chi connectivity index (χ3n) is 2.73. The Balaban J connectivity index is 1.93. The van der Waals surface area contributed by atoms with Crippen LogP contribution in [0.4, 0.5) is 0 Å². The Morgan fingerprint density at radius 3 is 3.11 bits per heavy atom. The first-order valence-electron chi connectivity index (χ1n) is 5.61. The van der Waals surface area contributed by atoms with Crippen LogP contribution < -0.4 is 10.6 Å². The number of carbonyl (C=O) groups is 2. The van der Waals surface area contributed by atoms with Gasteiger partial charge in [-0.15, -0.1) is 0 Å². The number of carbonyl (C=O) groups excluding carboxylic acids is 2. The fourth-order valence-corrected chi connectivity index (χ4v) is 1.77. The van der Waals surface area contributed by atoms with Gasteiger partial charge in [-0.25, -0.2) is 4.98 Å². The van der Waals surface area contributed by atoms with Crippen LogP contribution in [0.2, 0.25) is 0 Å². The van der Waals surface area contributed by atoms with Gasteiger partial charge in [0.2, 0.25) is 11.8 Å². The molecule has 6 heteroatoms. The molecule has 2 amide bonds. The second-order valence-electron chi connectivity index (χ2n) is 4.05. The predicted molar refractivity (Wildman–Crippen MR) is 62.0 cm³/mol. The van der Waals surface area contributed by atoms with Crippen LogP contribution in [0.3, 0.4) is 0 Å². The molecule has 0 aliphatic carbocycles. The van der Waals surface area contributed by atoms with Gasteiger partial charge in [-0.1, -0.05) is 0 Å². The van der Waals surface area contributed by atoms with Crippen LogP contribution >= 0.6 is 0 Å². The standard InChI is InChI=1S/C12H12N4O2/c13-6-9-5-8(3-4-14-9)7-15-10-1-2-11(17)16-12(10)18/h3-5,10,15H,1-2,7H2,(H,16,17,18). The molecule has 1 aliphatic rings. The molecule has 1 saturated heterocycles. The average Bonchev–Trinajstić information content (AvgIpc) is 2.38. The lowest BCUT2D eigenvalue weighted by Gasteiger charge is -2.21. The van der Waals surface area contributed by atoms with Gasteiger partial charge in [0.1, 0.15) is 11.8 Å². The Morgan fingerprint density at radius 1 is 1.56 bits per heavy atom. The highest BCUT2D eigenvalue weighted by molar-refractivity contribution is 6.00. The van der Waals surface area contributed by atoms with Crippen LogP contribution in [0.1, 0.15) is 24.1 Å². The largest absolute Gasteiger partial charge is 0.302 e. The average molecular weight is 244 g/mol. The zero-order valence-corrected chi connectivity index (χ0v) is 9.64. The van der Waals surface area contributed by atoms with Crippen molar-refractivity contribution in [3.8, 4) is 6.07 Å². The summed E-state index contributed by atoms with van der Waals surface area (Å²) in [6.07, 6.45) is 2.41. The van der Waals surface area contributed by atoms with Crippen molar-refractivity contribution >= 4 is 11.8 Å². The number of amides is 2. The molecule has 0 spiro atoms. The minimum Gasteiger partial charge on any atom is -0.302 e. The first-order chi connectivity index (χ1) is 8.69. The summed E-state index contributed by atoms with van der Waals surface area (Å²) in [5.74, 6) is -0.519. The number of rotatable bonds is 3. The van der Waals surface area contributed by atoms with E-state index in [2.05, 4.69) is 15.6 Å². The summed E-state index contributed by atoms with van der Waals surface area (Å²) in [6, 6.07) is 5.04. The lowest BCUT2D eigenvalue weighted by Crippen LogP contribution is -2.50. The Kier molecular flexibility index (Phi) is 3.65. The molecule has 2 heterocycles. The Labute approximate surface area is 104 Å². The fourth-order valence-electron chi connectivity index (χ4n) is 1.77. The van der Waals surface area contributed by atoms with Crippen molar-refractivity contribution in [2.24, 2.45) is 0 Å². The zero-order valence-electron chi connectivity index (χ0n) is 9.64. The molecule has 92 valence electrons. The highest BCUT2D eigenvalue weighted by atomic mass is 16.2. The number of imide groups is 1. The topological polar surface area (TPSA) is 94.9 Å². The van der Waals surface area contributed by atoms with E-state index in [1.807, 2.05) is 6.07 Å². The van der Waals surface area contributed by atoms with E-state index in [0.717, 1.165) is 5.56 Å². The molecule has 1 atom stereocenters. The summed E-state index contributed by atoms with van der Waals surface area (Å²) < 4.78 is 0. The summed E-state index contributed by atoms with van der Waals surface area (Å²) >= 11 is 0. The minimum absolute atomic E-state index is 0.228. The van der Waals surface area contributed by atoms with Gasteiger partial charge in [0.05, 0.1) is 6.04 Å². The quantitative estimate of drug-likeness (QED) is 0.721. The highest BCUT2D eigenvalue weighted by Gasteiger charge is 2.25. The molecule has 0 bridgehead atoms. The second-order valence-corrected chi connectivity index (χ2v) is 4.05. The summed E-state index contributed by atoms with van der Waals surface area (Å²) in [5, 5.41) is 14.1. The van der Waals surface area contributed by atoms with Crippen LogP contribution in [0.5, 0.6) is 0 Å². The van der Waals surface area contributed by atoms with Crippen LogP contribution in [-0.2, 0) is 16.1 Å². The maximum Gasteiger partial charge on any atom is 0.243 e. The molecular weight excluding hydrogens is 232 g/mol. The van der Waals surface area contributed by atoms with Crippen molar-refractivity contribution in [3.05, 3.63) is 29.6 Å². The minimum atomic E-state index is -0.360. The van der Waals surface area contributed by atoms with Crippen LogP contribution in [-0.4, -0.2) is 22.8 Å². The Hall–Kier alpha value is -2.26. The van der Waals surface area contributed by atoms with Gasteiger partial charge in [0.25, 0.3) is 0 Å². The molecule has 1 aromatic heterocycles. The molecule has 1 unspecified atom stereocenters. The van der Waals surface area contributed by atoms with Crippen molar-refractivity contribution in [1.82, 2.24) is 15.6 Å². The summed E-state index contributed by atoms with van der Waals surface area (Å²) in [6.45, 7) is 0.462. The second kappa shape index (κ2) is 5.38. The normalized spacial score (nSPS) is 19.2. The van der Waals surface area contributed by atoms with E-state index in [9.17, 15) is 9.59 Å². The zero-order chi connectivity index (χ0) is 13.0. The molecule has 1 fully saturated rings. The number of pyridine rings is 1. The maximum absolute atomic E-state index is 11.5. The molecule has 2 rings (SSSR count). The van der Waals surface area contributed by atoms with E-state index >= 15 is 0 Å². The van der Waals surface area contributed by atoms with Gasteiger partial charge < -0.3 is 5.32 Å². The third kappa shape index (κ3) is 2.90. The smallest absolute Gasteiger partial charge is 0.243 e. The molecule has 0 saturated carbocycles. The first-order valence-corrected chi connectivity index (χ1v) is 5.61. The number of hydrogen-bond donors (Lipinski definition) is 2. The van der Waals surface area contributed by atoms with Crippen molar-refractivity contribution < 1.29 is 9.59 Å². The molecule has 6 nitrogen and oxygen atoms in total. The number of nitrogens with zero attached hydrogens (tertiary/aromatic N) is 2. The first kappa shape index (κ1) is 12.2. The maximum atomic E-state index is 11.5. The van der Waals surface area contributed by atoms with E-state index < -0.39 is 0 Å². The van der Waals surface area contributed by atoms with Gasteiger partial charge in [-0.2, -0.15) is 5.26 Å². The summed E-state index contributed by atoms with van der Waals surface area (Å²) in [5.41, 5.74) is 1.23. The van der Waals surface area contributed by atoms with Crippen molar-refractivity contribution in [2.45, 2.75) is 25.4 Å². The van der Waals surface area contributed by atoms with E-state index in [1.54, 1.807) is 18.3 Å². The molecule has 2 N–H and O–H groups in total. The van der Waals surface area contributed by atoms with Crippen LogP contribution in [0.25, 0.3) is 0 Å². The van der Waals surface area contributed by atoms with Crippen molar-refractivity contribution in [3.63, 3.8) is 0 Å². The van der Waals surface area contributed by atoms with Gasteiger partial charge in [0, 0.05) is 19.2 Å². The highest BCUT2D eigenvalue weighted by Crippen LogP contribution is 2.06. The molecule has 1 aliphatic heterocycles. The summed E-state index contributed by atoms with van der Waals surface area (Å²) in [7, 11) is 0. The number of nitriles is 1. The molecular formula is C12H12N4O2. The fraction of sp³-hybridized carbons (Fsp3) is 0.333. The monoisotopic (exact) mass is 244 g/mol. The summed E-state index contributed by atoms with van der Waals surface area (Å²) in [4.78, 5) is 26.3. The van der Waals surface area contributed by atoms with Gasteiger partial charge in [-0.3, -0.25) is 14.9 Å². The van der Waals surface area contributed by atoms with Crippen LogP contribution in [0.15, 0.2) is 18.3 Å². The van der Waals surface area contributed by atoms with E-state index in [1.165, 1.54) is 0 Å². The molecule has 0 radical (unpaired) electrons. The van der Waals surface area contributed by atoms with Gasteiger partial charge in [0.15, 0.2) is 0 Å². The van der Waals surface area contributed by atoms with E-state index in [0.29, 0.717) is 25.1 Å². The SMILES string of the molecule is N#Cc1cc(CNC2CCC(=O)NC2=O)ccn1. The Morgan fingerprint density at radius 2 is 2.39 bits per heavy atom. The third-order valence-corrected chi connectivity index (χ3v) is 2.73. The number of nitrogens with one attached hydrogen (secondary N) is 2. The van der Waals surface area contributed by atoms with Crippen LogP contribution in [0, 0.1) is 11.3 Å². The van der Waals surface area contributed by atoms with Crippen molar-refractivity contribution in [2.75, 3.05) is 0 Å². The molecule has 1 aromatic rings. The lowest BCUT2D eigenvalue weighted by molar-refractivity contribution is -0.134. The number of aromatic nitrogens is 1.